The summed E-state index contributed by atoms with van der Waals surface area (Å²) in [6, 6.07) is 5.09. The minimum absolute atomic E-state index is 0.0290. The molecule has 0 fully saturated rings. The van der Waals surface area contributed by atoms with Crippen molar-refractivity contribution in [1.29, 1.82) is 0 Å². The van der Waals surface area contributed by atoms with Gasteiger partial charge in [-0.2, -0.15) is 26.3 Å². The molecule has 0 aliphatic carbocycles. The molecule has 6 heterocycles. The van der Waals surface area contributed by atoms with E-state index < -0.39 is 33.3 Å². The second-order valence-electron chi connectivity index (χ2n) is 11.2. The van der Waals surface area contributed by atoms with E-state index in [1.807, 2.05) is 6.92 Å². The van der Waals surface area contributed by atoms with Crippen LogP contribution in [-0.4, -0.2) is 65.2 Å². The Balaban J connectivity index is 0.000000202. The second-order valence-corrected chi connectivity index (χ2v) is 14.8. The predicted molar refractivity (Wildman–Crippen MR) is 182 cm³/mol. The molecule has 0 N–H and O–H groups in total. The number of nitrogens with zero attached hydrogens (tertiary/aromatic N) is 8. The minimum Gasteiger partial charge on any atom is -0.310 e. The quantitative estimate of drug-likeness (QED) is 0.0877. The summed E-state index contributed by atoms with van der Waals surface area (Å²) in [5, 5.41) is 0. The zero-order chi connectivity index (χ0) is 38.2. The van der Waals surface area contributed by atoms with Crippen molar-refractivity contribution in [3.63, 3.8) is 0 Å². The summed E-state index contributed by atoms with van der Waals surface area (Å²) in [5.41, 5.74) is 0.695. The van der Waals surface area contributed by atoms with Gasteiger partial charge in [0.1, 0.15) is 22.4 Å². The Morgan fingerprint density at radius 1 is 0.731 bits per heavy atom. The topological polar surface area (TPSA) is 138 Å². The van der Waals surface area contributed by atoms with Crippen LogP contribution in [0.15, 0.2) is 58.8 Å². The number of fused-ring (bicyclic) bond motifs is 2. The zero-order valence-electron chi connectivity index (χ0n) is 28.2. The van der Waals surface area contributed by atoms with Gasteiger partial charge in [-0.3, -0.25) is 14.8 Å². The molecular weight excluding hydrogens is 735 g/mol. The monoisotopic (exact) mass is 764 g/mol. The first-order valence-corrected chi connectivity index (χ1v) is 18.2. The highest BCUT2D eigenvalue weighted by Crippen LogP contribution is 2.35. The van der Waals surface area contributed by atoms with Crippen molar-refractivity contribution < 1.29 is 39.6 Å². The van der Waals surface area contributed by atoms with Crippen molar-refractivity contribution in [3.05, 3.63) is 71.3 Å². The van der Waals surface area contributed by atoms with Crippen molar-refractivity contribution in [1.82, 2.24) is 39.0 Å². The number of hydrogen-bond acceptors (Lipinski definition) is 10. The Morgan fingerprint density at radius 2 is 1.25 bits per heavy atom. The fraction of sp³-hybridized carbons (Fsp3) is 0.303. The van der Waals surface area contributed by atoms with Crippen LogP contribution in [0.2, 0.25) is 0 Å². The number of imidazole rings is 2. The lowest BCUT2D eigenvalue weighted by Crippen LogP contribution is -2.09. The molecule has 0 bridgehead atoms. The van der Waals surface area contributed by atoms with E-state index in [1.165, 1.54) is 30.8 Å². The summed E-state index contributed by atoms with van der Waals surface area (Å²) in [6.07, 6.45) is -3.23. The van der Waals surface area contributed by atoms with Crippen LogP contribution in [0.25, 0.3) is 45.4 Å². The van der Waals surface area contributed by atoms with E-state index in [0.717, 1.165) is 41.0 Å². The number of aryl methyl sites for hydroxylation is 3. The lowest BCUT2D eigenvalue weighted by Gasteiger charge is -2.09. The Morgan fingerprint density at radius 3 is 1.71 bits per heavy atom. The molecule has 274 valence electrons. The molecule has 6 aromatic heterocycles. The first-order chi connectivity index (χ1) is 24.4. The number of thioether (sulfide) groups is 1. The van der Waals surface area contributed by atoms with Crippen LogP contribution in [0, 0.1) is 0 Å². The number of aldehydes is 1. The van der Waals surface area contributed by atoms with Gasteiger partial charge in [0.2, 0.25) is 0 Å². The number of hydrogen-bond donors (Lipinski definition) is 0. The summed E-state index contributed by atoms with van der Waals surface area (Å²) in [7, 11) is -0.545. The molecule has 0 unspecified atom stereocenters. The van der Waals surface area contributed by atoms with Crippen molar-refractivity contribution in [3.8, 4) is 23.0 Å². The van der Waals surface area contributed by atoms with Gasteiger partial charge in [-0.15, -0.1) is 11.8 Å². The van der Waals surface area contributed by atoms with E-state index in [0.29, 0.717) is 29.6 Å². The van der Waals surface area contributed by atoms with Gasteiger partial charge in [0.25, 0.3) is 0 Å². The van der Waals surface area contributed by atoms with Crippen LogP contribution in [-0.2, 0) is 42.7 Å². The predicted octanol–water partition coefficient (Wildman–Crippen LogP) is 7.38. The third kappa shape index (κ3) is 7.64. The minimum atomic E-state index is -4.58. The largest absolute Gasteiger partial charge is 0.417 e. The van der Waals surface area contributed by atoms with E-state index >= 15 is 0 Å². The molecule has 0 saturated heterocycles. The molecule has 0 spiro atoms. The van der Waals surface area contributed by atoms with E-state index in [-0.39, 0.29) is 44.4 Å². The smallest absolute Gasteiger partial charge is 0.310 e. The van der Waals surface area contributed by atoms with E-state index in [4.69, 9.17) is 0 Å². The third-order valence-electron chi connectivity index (χ3n) is 7.84. The molecule has 0 aromatic carbocycles. The van der Waals surface area contributed by atoms with E-state index in [9.17, 15) is 39.6 Å². The number of pyridine rings is 4. The molecular formula is C33H30F6N8O3S2. The molecule has 11 nitrogen and oxygen atoms in total. The molecule has 52 heavy (non-hydrogen) atoms. The Hall–Kier alpha value is -4.91. The number of sulfone groups is 1. The lowest BCUT2D eigenvalue weighted by atomic mass is 10.2. The highest BCUT2D eigenvalue weighted by Gasteiger charge is 2.33. The maximum atomic E-state index is 12.9. The standard InChI is InChI=1S/C17H17F3N4S.C16H13F3N4O3S/c1-4-10-6-13(25-5-2)14(21-8-10)16-23-12-7-11(17(18,19)20)9-22-15(12)24(16)3;1-3-27(25,26)12-4-9(8-24)6-20-13(12)15-22-11-5-10(16(17,18)19)7-21-14(11)23(15)2/h6-9H,4-5H2,1-3H3;4-8H,3H2,1-2H3. The maximum Gasteiger partial charge on any atom is 0.417 e. The normalized spacial score (nSPS) is 12.3. The number of alkyl halides is 6. The van der Waals surface area contributed by atoms with Gasteiger partial charge >= 0.3 is 12.4 Å². The first-order valence-electron chi connectivity index (χ1n) is 15.5. The van der Waals surface area contributed by atoms with Crippen molar-refractivity contribution in [2.45, 2.75) is 49.3 Å². The SMILES string of the molecule is CCS(=O)(=O)c1cc(C=O)cnc1-c1nc2cc(C(F)(F)F)cnc2n1C.CCSc1cc(CC)cnc1-c1nc2cc(C(F)(F)F)cnc2n1C. The molecule has 0 aliphatic heterocycles. The zero-order valence-corrected chi connectivity index (χ0v) is 29.8. The van der Waals surface area contributed by atoms with Gasteiger partial charge in [0, 0.05) is 49.3 Å². The van der Waals surface area contributed by atoms with E-state index in [1.54, 1.807) is 29.6 Å². The summed E-state index contributed by atoms with van der Waals surface area (Å²) in [6.45, 7) is 5.52. The summed E-state index contributed by atoms with van der Waals surface area (Å²) in [5.74, 6) is 1.16. The lowest BCUT2D eigenvalue weighted by molar-refractivity contribution is -0.138. The molecule has 19 heteroatoms. The van der Waals surface area contributed by atoms with Gasteiger partial charge in [-0.25, -0.2) is 28.4 Å². The second kappa shape index (κ2) is 14.6. The molecule has 0 atom stereocenters. The van der Waals surface area contributed by atoms with Crippen molar-refractivity contribution in [2.24, 2.45) is 14.1 Å². The van der Waals surface area contributed by atoms with Gasteiger partial charge in [0.05, 0.1) is 21.8 Å². The first kappa shape index (κ1) is 38.3. The van der Waals surface area contributed by atoms with Gasteiger partial charge in [0.15, 0.2) is 39.1 Å². The maximum absolute atomic E-state index is 12.9. The Labute approximate surface area is 297 Å². The molecule has 0 saturated carbocycles. The number of aromatic nitrogens is 8. The average Bonchev–Trinajstić information content (AvgIpc) is 3.62. The van der Waals surface area contributed by atoms with Crippen LogP contribution in [0.1, 0.15) is 47.8 Å². The molecule has 6 aromatic rings. The van der Waals surface area contributed by atoms with Crippen molar-refractivity contribution >= 4 is 50.2 Å². The highest BCUT2D eigenvalue weighted by molar-refractivity contribution is 7.99. The van der Waals surface area contributed by atoms with Crippen LogP contribution in [0.4, 0.5) is 26.3 Å². The highest BCUT2D eigenvalue weighted by atomic mass is 32.2. The number of rotatable bonds is 8. The molecule has 0 aliphatic rings. The van der Waals surface area contributed by atoms with Crippen LogP contribution in [0.3, 0.4) is 0 Å². The summed E-state index contributed by atoms with van der Waals surface area (Å²) < 4.78 is 105. The fourth-order valence-electron chi connectivity index (χ4n) is 5.08. The summed E-state index contributed by atoms with van der Waals surface area (Å²) >= 11 is 1.64. The molecule has 0 amide bonds. The van der Waals surface area contributed by atoms with E-state index in [2.05, 4.69) is 42.9 Å². The number of carbonyl (C=O) groups is 1. The summed E-state index contributed by atoms with van der Waals surface area (Å²) in [4.78, 5) is 36.5. The Bertz CT molecular complexity index is 2410. The van der Waals surface area contributed by atoms with Gasteiger partial charge in [-0.1, -0.05) is 20.8 Å². The Kier molecular flexibility index (Phi) is 10.8. The van der Waals surface area contributed by atoms with Gasteiger partial charge < -0.3 is 9.13 Å². The molecule has 0 radical (unpaired) electrons. The van der Waals surface area contributed by atoms with Crippen LogP contribution >= 0.6 is 11.8 Å². The number of halogens is 6. The van der Waals surface area contributed by atoms with Crippen molar-refractivity contribution in [2.75, 3.05) is 11.5 Å². The fourth-order valence-corrected chi connectivity index (χ4v) is 6.97. The molecule has 6 rings (SSSR count). The van der Waals surface area contributed by atoms with Crippen LogP contribution < -0.4 is 0 Å². The van der Waals surface area contributed by atoms with Gasteiger partial charge in [-0.05, 0) is 42.0 Å². The van der Waals surface area contributed by atoms with Crippen LogP contribution in [0.5, 0.6) is 0 Å². The average molecular weight is 765 g/mol. The third-order valence-corrected chi connectivity index (χ3v) is 10.5. The number of carbonyl (C=O) groups excluding carboxylic acids is 1.